The van der Waals surface area contributed by atoms with Crippen molar-refractivity contribution in [3.63, 3.8) is 0 Å². The van der Waals surface area contributed by atoms with Crippen LogP contribution in [0.4, 0.5) is 26.0 Å². The maximum Gasteiger partial charge on any atom is 0.255 e. The monoisotopic (exact) mass is 350 g/mol. The Balaban J connectivity index is 1.75. The highest BCUT2D eigenvalue weighted by Gasteiger charge is 2.09. The van der Waals surface area contributed by atoms with E-state index in [1.54, 1.807) is 24.3 Å². The molecule has 0 radical (unpaired) electrons. The molecule has 26 heavy (non-hydrogen) atoms. The number of hydrogen-bond acceptors (Lipinski definition) is 4. The van der Waals surface area contributed by atoms with Crippen molar-refractivity contribution in [3.05, 3.63) is 83.6 Å². The number of halogens is 2. The summed E-state index contributed by atoms with van der Waals surface area (Å²) in [5, 5.41) is 14.2. The van der Waals surface area contributed by atoms with Gasteiger partial charge in [-0.15, -0.1) is 0 Å². The van der Waals surface area contributed by atoms with Gasteiger partial charge in [0.2, 0.25) is 0 Å². The number of aromatic nitrogens is 1. The van der Waals surface area contributed by atoms with Crippen molar-refractivity contribution < 1.29 is 13.6 Å². The van der Waals surface area contributed by atoms with Crippen molar-refractivity contribution in [2.24, 2.45) is 0 Å². The number of nitrogens with zero attached hydrogens (tertiary/aromatic N) is 2. The van der Waals surface area contributed by atoms with Crippen molar-refractivity contribution in [2.75, 3.05) is 10.6 Å². The van der Waals surface area contributed by atoms with Gasteiger partial charge in [-0.05, 0) is 48.5 Å². The number of nitrogens with one attached hydrogen (secondary N) is 2. The first-order valence-electron chi connectivity index (χ1n) is 7.55. The second-order valence-electron chi connectivity index (χ2n) is 5.32. The summed E-state index contributed by atoms with van der Waals surface area (Å²) in [6.45, 7) is 0. The Hall–Kier alpha value is -3.79. The fourth-order valence-corrected chi connectivity index (χ4v) is 2.20. The van der Waals surface area contributed by atoms with Gasteiger partial charge in [-0.2, -0.15) is 5.26 Å². The molecule has 1 aromatic heterocycles. The summed E-state index contributed by atoms with van der Waals surface area (Å²) in [5.74, 6) is -1.60. The van der Waals surface area contributed by atoms with Crippen LogP contribution in [0.5, 0.6) is 0 Å². The molecule has 5 nitrogen and oxygen atoms in total. The van der Waals surface area contributed by atoms with Crippen LogP contribution in [0.1, 0.15) is 15.9 Å². The van der Waals surface area contributed by atoms with E-state index in [0.29, 0.717) is 16.8 Å². The third-order valence-electron chi connectivity index (χ3n) is 3.49. The Kier molecular flexibility index (Phi) is 4.85. The Bertz CT molecular complexity index is 997. The zero-order valence-corrected chi connectivity index (χ0v) is 13.3. The molecule has 7 heteroatoms. The normalized spacial score (nSPS) is 10.0. The predicted molar refractivity (Wildman–Crippen MR) is 93.0 cm³/mol. The van der Waals surface area contributed by atoms with Gasteiger partial charge >= 0.3 is 0 Å². The number of rotatable bonds is 4. The third kappa shape index (κ3) is 3.99. The Morgan fingerprint density at radius 3 is 2.50 bits per heavy atom. The average molecular weight is 350 g/mol. The van der Waals surface area contributed by atoms with Crippen molar-refractivity contribution in [1.29, 1.82) is 5.26 Å². The van der Waals surface area contributed by atoms with Crippen LogP contribution >= 0.6 is 0 Å². The Morgan fingerprint density at radius 1 is 1.04 bits per heavy atom. The Morgan fingerprint density at radius 2 is 1.81 bits per heavy atom. The lowest BCUT2D eigenvalue weighted by Crippen LogP contribution is -2.12. The number of pyridine rings is 1. The van der Waals surface area contributed by atoms with Crippen LogP contribution in [0, 0.1) is 23.0 Å². The molecule has 0 saturated carbocycles. The fourth-order valence-electron chi connectivity index (χ4n) is 2.20. The quantitative estimate of drug-likeness (QED) is 0.738. The smallest absolute Gasteiger partial charge is 0.255 e. The standard InChI is InChI=1S/C19H12F2N4O/c20-14-3-6-17(16(21)10-14)25-18-9-13(7-8-23-18)19(26)24-15-4-1-12(11-22)2-5-15/h1-10H,(H,23,25)(H,24,26). The van der Waals surface area contributed by atoms with Crippen LogP contribution in [0.25, 0.3) is 0 Å². The van der Waals surface area contributed by atoms with E-state index in [2.05, 4.69) is 15.6 Å². The van der Waals surface area contributed by atoms with Crippen molar-refractivity contribution in [2.45, 2.75) is 0 Å². The van der Waals surface area contributed by atoms with Gasteiger partial charge in [0.15, 0.2) is 0 Å². The van der Waals surface area contributed by atoms with Crippen LogP contribution in [0.2, 0.25) is 0 Å². The average Bonchev–Trinajstić information content (AvgIpc) is 2.65. The molecule has 0 saturated heterocycles. The molecule has 3 aromatic rings. The zero-order chi connectivity index (χ0) is 18.5. The molecule has 128 valence electrons. The molecule has 0 fully saturated rings. The highest BCUT2D eigenvalue weighted by molar-refractivity contribution is 6.04. The van der Waals surface area contributed by atoms with Crippen LogP contribution < -0.4 is 10.6 Å². The number of anilines is 3. The van der Waals surface area contributed by atoms with Gasteiger partial charge in [0.1, 0.15) is 17.5 Å². The molecular weight excluding hydrogens is 338 g/mol. The number of amides is 1. The molecule has 0 atom stereocenters. The minimum atomic E-state index is -0.765. The maximum atomic E-state index is 13.7. The minimum absolute atomic E-state index is 0.0450. The Labute approximate surface area is 147 Å². The van der Waals surface area contributed by atoms with E-state index in [4.69, 9.17) is 5.26 Å². The zero-order valence-electron chi connectivity index (χ0n) is 13.3. The summed E-state index contributed by atoms with van der Waals surface area (Å²) in [5.41, 5.74) is 1.36. The lowest BCUT2D eigenvalue weighted by molar-refractivity contribution is 0.102. The largest absolute Gasteiger partial charge is 0.338 e. The second-order valence-corrected chi connectivity index (χ2v) is 5.32. The van der Waals surface area contributed by atoms with Crippen LogP contribution in [-0.2, 0) is 0 Å². The highest BCUT2D eigenvalue weighted by atomic mass is 19.1. The molecular formula is C19H12F2N4O. The minimum Gasteiger partial charge on any atom is -0.338 e. The highest BCUT2D eigenvalue weighted by Crippen LogP contribution is 2.20. The molecule has 1 heterocycles. The van der Waals surface area contributed by atoms with Gasteiger partial charge in [-0.1, -0.05) is 0 Å². The van der Waals surface area contributed by atoms with Gasteiger partial charge in [0.05, 0.1) is 17.3 Å². The predicted octanol–water partition coefficient (Wildman–Crippen LogP) is 4.23. The molecule has 3 rings (SSSR count). The molecule has 1 amide bonds. The van der Waals surface area contributed by atoms with E-state index in [9.17, 15) is 13.6 Å². The molecule has 0 spiro atoms. The SMILES string of the molecule is N#Cc1ccc(NC(=O)c2ccnc(Nc3ccc(F)cc3F)c2)cc1. The van der Waals surface area contributed by atoms with E-state index in [-0.39, 0.29) is 17.4 Å². The second kappa shape index (κ2) is 7.40. The van der Waals surface area contributed by atoms with E-state index >= 15 is 0 Å². The van der Waals surface area contributed by atoms with Gasteiger partial charge in [0.25, 0.3) is 5.91 Å². The maximum absolute atomic E-state index is 13.7. The third-order valence-corrected chi connectivity index (χ3v) is 3.49. The number of carbonyl (C=O) groups excluding carboxylic acids is 1. The van der Waals surface area contributed by atoms with Gasteiger partial charge in [-0.25, -0.2) is 13.8 Å². The van der Waals surface area contributed by atoms with Crippen LogP contribution in [0.3, 0.4) is 0 Å². The first-order valence-corrected chi connectivity index (χ1v) is 7.55. The van der Waals surface area contributed by atoms with E-state index in [0.717, 1.165) is 12.1 Å². The summed E-state index contributed by atoms with van der Waals surface area (Å²) in [4.78, 5) is 16.4. The van der Waals surface area contributed by atoms with Gasteiger partial charge in [0, 0.05) is 23.5 Å². The lowest BCUT2D eigenvalue weighted by atomic mass is 10.2. The van der Waals surface area contributed by atoms with Crippen molar-refractivity contribution >= 4 is 23.1 Å². The summed E-state index contributed by atoms with van der Waals surface area (Å²) >= 11 is 0. The molecule has 0 aliphatic carbocycles. The van der Waals surface area contributed by atoms with E-state index in [1.807, 2.05) is 6.07 Å². The van der Waals surface area contributed by atoms with Crippen LogP contribution in [-0.4, -0.2) is 10.9 Å². The summed E-state index contributed by atoms with van der Waals surface area (Å²) in [6.07, 6.45) is 1.40. The van der Waals surface area contributed by atoms with Crippen molar-refractivity contribution in [3.8, 4) is 6.07 Å². The number of nitriles is 1. The van der Waals surface area contributed by atoms with Gasteiger partial charge < -0.3 is 10.6 Å². The molecule has 2 N–H and O–H groups in total. The number of carbonyl (C=O) groups is 1. The van der Waals surface area contributed by atoms with Crippen molar-refractivity contribution in [1.82, 2.24) is 4.98 Å². The first kappa shape index (κ1) is 17.0. The van der Waals surface area contributed by atoms with Crippen LogP contribution in [0.15, 0.2) is 60.8 Å². The summed E-state index contributed by atoms with van der Waals surface area (Å²) in [6, 6.07) is 14.5. The molecule has 0 unspecified atom stereocenters. The summed E-state index contributed by atoms with van der Waals surface area (Å²) < 4.78 is 26.7. The lowest BCUT2D eigenvalue weighted by Gasteiger charge is -2.09. The first-order chi connectivity index (χ1) is 12.5. The number of hydrogen-bond donors (Lipinski definition) is 2. The molecule has 0 bridgehead atoms. The van der Waals surface area contributed by atoms with E-state index < -0.39 is 11.6 Å². The topological polar surface area (TPSA) is 77.8 Å². The number of benzene rings is 2. The molecule has 0 aliphatic rings. The summed E-state index contributed by atoms with van der Waals surface area (Å²) in [7, 11) is 0. The molecule has 2 aromatic carbocycles. The van der Waals surface area contributed by atoms with E-state index in [1.165, 1.54) is 24.4 Å². The fraction of sp³-hybridized carbons (Fsp3) is 0. The molecule has 0 aliphatic heterocycles. The van der Waals surface area contributed by atoms with Gasteiger partial charge in [-0.3, -0.25) is 4.79 Å².